The first kappa shape index (κ1) is 15.1. The molecule has 0 saturated carbocycles. The van der Waals surface area contributed by atoms with Crippen molar-refractivity contribution in [2.24, 2.45) is 11.7 Å². The van der Waals surface area contributed by atoms with Crippen LogP contribution < -0.4 is 11.1 Å². The maximum atomic E-state index is 11.6. The highest BCUT2D eigenvalue weighted by Gasteiger charge is 2.06. The summed E-state index contributed by atoms with van der Waals surface area (Å²) in [7, 11) is 0. The molecule has 0 bridgehead atoms. The van der Waals surface area contributed by atoms with Crippen molar-refractivity contribution in [2.75, 3.05) is 12.3 Å². The van der Waals surface area contributed by atoms with Gasteiger partial charge in [-0.25, -0.2) is 0 Å². The quantitative estimate of drug-likeness (QED) is 0.745. The van der Waals surface area contributed by atoms with E-state index in [1.807, 2.05) is 18.7 Å². The number of nitrogens with two attached hydrogens (primary N) is 1. The molecule has 3 nitrogen and oxygen atoms in total. The highest BCUT2D eigenvalue weighted by molar-refractivity contribution is 7.99. The van der Waals surface area contributed by atoms with Gasteiger partial charge < -0.3 is 11.1 Å². The van der Waals surface area contributed by atoms with E-state index in [1.165, 1.54) is 4.90 Å². The smallest absolute Gasteiger partial charge is 0.220 e. The molecule has 1 atom stereocenters. The zero-order chi connectivity index (χ0) is 13.4. The first-order valence-electron chi connectivity index (χ1n) is 6.34. The first-order chi connectivity index (χ1) is 8.65. The third-order valence-corrected chi connectivity index (χ3v) is 3.55. The van der Waals surface area contributed by atoms with Crippen molar-refractivity contribution < 1.29 is 4.79 Å². The summed E-state index contributed by atoms with van der Waals surface area (Å²) in [6.45, 7) is 5.26. The van der Waals surface area contributed by atoms with Crippen molar-refractivity contribution in [2.45, 2.75) is 31.7 Å². The Labute approximate surface area is 114 Å². The van der Waals surface area contributed by atoms with Crippen LogP contribution in [-0.2, 0) is 11.3 Å². The number of nitrogens with one attached hydrogen (secondary N) is 1. The predicted molar refractivity (Wildman–Crippen MR) is 77.5 cm³/mol. The molecule has 18 heavy (non-hydrogen) atoms. The van der Waals surface area contributed by atoms with Crippen molar-refractivity contribution in [3.05, 3.63) is 29.8 Å². The molecule has 0 aliphatic heterocycles. The van der Waals surface area contributed by atoms with Crippen LogP contribution in [0, 0.1) is 5.92 Å². The van der Waals surface area contributed by atoms with Crippen LogP contribution >= 0.6 is 11.8 Å². The lowest BCUT2D eigenvalue weighted by molar-refractivity contribution is -0.122. The second-order valence-electron chi connectivity index (χ2n) is 4.40. The maximum absolute atomic E-state index is 11.6. The molecule has 0 saturated heterocycles. The van der Waals surface area contributed by atoms with Crippen LogP contribution in [0.15, 0.2) is 29.2 Å². The van der Waals surface area contributed by atoms with Gasteiger partial charge in [-0.15, -0.1) is 11.8 Å². The molecular weight excluding hydrogens is 244 g/mol. The number of hydrogen-bond acceptors (Lipinski definition) is 3. The predicted octanol–water partition coefficient (Wildman–Crippen LogP) is 2.40. The number of hydrogen-bond donors (Lipinski definition) is 2. The van der Waals surface area contributed by atoms with Gasteiger partial charge >= 0.3 is 0 Å². The van der Waals surface area contributed by atoms with Crippen LogP contribution in [0.5, 0.6) is 0 Å². The Kier molecular flexibility index (Phi) is 6.83. The van der Waals surface area contributed by atoms with Gasteiger partial charge in [-0.3, -0.25) is 4.79 Å². The van der Waals surface area contributed by atoms with Gasteiger partial charge in [-0.05, 0) is 35.9 Å². The maximum Gasteiger partial charge on any atom is 0.220 e. The normalized spacial score (nSPS) is 12.2. The Morgan fingerprint density at radius 3 is 2.61 bits per heavy atom. The third-order valence-electron chi connectivity index (χ3n) is 2.66. The summed E-state index contributed by atoms with van der Waals surface area (Å²) >= 11 is 1.82. The molecule has 1 aromatic carbocycles. The molecular formula is C14H22N2OS. The zero-order valence-corrected chi connectivity index (χ0v) is 11.9. The van der Waals surface area contributed by atoms with E-state index in [0.717, 1.165) is 11.3 Å². The van der Waals surface area contributed by atoms with Crippen molar-refractivity contribution in [3.8, 4) is 0 Å². The molecule has 1 aromatic rings. The molecule has 0 spiro atoms. The molecule has 1 rings (SSSR count). The zero-order valence-electron chi connectivity index (χ0n) is 11.1. The number of carbonyl (C=O) groups is 1. The molecule has 0 fully saturated rings. The van der Waals surface area contributed by atoms with Gasteiger partial charge in [0.05, 0.1) is 0 Å². The SMILES string of the molecule is CCSc1ccc(CNC(=O)CC(C)CN)cc1. The van der Waals surface area contributed by atoms with Gasteiger partial charge in [0, 0.05) is 17.9 Å². The average molecular weight is 266 g/mol. The van der Waals surface area contributed by atoms with E-state index < -0.39 is 0 Å². The highest BCUT2D eigenvalue weighted by Crippen LogP contribution is 2.17. The topological polar surface area (TPSA) is 55.1 Å². The molecule has 1 unspecified atom stereocenters. The van der Waals surface area contributed by atoms with Crippen LogP contribution in [0.25, 0.3) is 0 Å². The number of carbonyl (C=O) groups excluding carboxylic acids is 1. The van der Waals surface area contributed by atoms with Crippen molar-refractivity contribution in [3.63, 3.8) is 0 Å². The number of thioether (sulfide) groups is 1. The van der Waals surface area contributed by atoms with E-state index in [1.54, 1.807) is 0 Å². The van der Waals surface area contributed by atoms with Gasteiger partial charge in [0.15, 0.2) is 0 Å². The van der Waals surface area contributed by atoms with E-state index >= 15 is 0 Å². The summed E-state index contributed by atoms with van der Waals surface area (Å²) in [6, 6.07) is 8.31. The molecule has 0 aromatic heterocycles. The van der Waals surface area contributed by atoms with Crippen LogP contribution in [0.4, 0.5) is 0 Å². The van der Waals surface area contributed by atoms with Crippen LogP contribution in [-0.4, -0.2) is 18.2 Å². The molecule has 4 heteroatoms. The van der Waals surface area contributed by atoms with Gasteiger partial charge in [0.25, 0.3) is 0 Å². The van der Waals surface area contributed by atoms with E-state index in [2.05, 4.69) is 36.5 Å². The second kappa shape index (κ2) is 8.16. The van der Waals surface area contributed by atoms with E-state index in [0.29, 0.717) is 19.5 Å². The Morgan fingerprint density at radius 2 is 2.06 bits per heavy atom. The summed E-state index contributed by atoms with van der Waals surface area (Å²) in [6.07, 6.45) is 0.500. The van der Waals surface area contributed by atoms with Crippen molar-refractivity contribution >= 4 is 17.7 Å². The minimum atomic E-state index is 0.0694. The van der Waals surface area contributed by atoms with Crippen LogP contribution in [0.2, 0.25) is 0 Å². The molecule has 3 N–H and O–H groups in total. The fourth-order valence-corrected chi connectivity index (χ4v) is 2.20. The molecule has 0 heterocycles. The van der Waals surface area contributed by atoms with E-state index in [-0.39, 0.29) is 11.8 Å². The lowest BCUT2D eigenvalue weighted by Crippen LogP contribution is -2.26. The summed E-state index contributed by atoms with van der Waals surface area (Å²) in [4.78, 5) is 12.9. The van der Waals surface area contributed by atoms with Gasteiger partial charge in [-0.1, -0.05) is 26.0 Å². The number of benzene rings is 1. The van der Waals surface area contributed by atoms with Crippen LogP contribution in [0.1, 0.15) is 25.8 Å². The molecule has 0 aliphatic rings. The summed E-state index contributed by atoms with van der Waals surface area (Å²) in [5.74, 6) is 1.39. The second-order valence-corrected chi connectivity index (χ2v) is 5.74. The van der Waals surface area contributed by atoms with Gasteiger partial charge in [0.2, 0.25) is 5.91 Å². The first-order valence-corrected chi connectivity index (χ1v) is 7.32. The molecule has 1 amide bonds. The average Bonchev–Trinajstić information content (AvgIpc) is 2.38. The third kappa shape index (κ3) is 5.56. The Bertz CT molecular complexity index is 365. The fourth-order valence-electron chi connectivity index (χ4n) is 1.54. The number of amides is 1. The minimum absolute atomic E-state index is 0.0694. The summed E-state index contributed by atoms with van der Waals surface area (Å²) in [5.41, 5.74) is 6.62. The summed E-state index contributed by atoms with van der Waals surface area (Å²) < 4.78 is 0. The lowest BCUT2D eigenvalue weighted by atomic mass is 10.1. The van der Waals surface area contributed by atoms with Gasteiger partial charge in [0.1, 0.15) is 0 Å². The summed E-state index contributed by atoms with van der Waals surface area (Å²) in [5, 5.41) is 2.91. The van der Waals surface area contributed by atoms with Crippen LogP contribution in [0.3, 0.4) is 0 Å². The number of rotatable bonds is 7. The van der Waals surface area contributed by atoms with Crippen molar-refractivity contribution in [1.82, 2.24) is 5.32 Å². The molecule has 100 valence electrons. The van der Waals surface area contributed by atoms with E-state index in [9.17, 15) is 4.79 Å². The lowest BCUT2D eigenvalue weighted by Gasteiger charge is -2.09. The Morgan fingerprint density at radius 1 is 1.39 bits per heavy atom. The minimum Gasteiger partial charge on any atom is -0.352 e. The monoisotopic (exact) mass is 266 g/mol. The molecule has 0 radical (unpaired) electrons. The standard InChI is InChI=1S/C14H22N2OS/c1-3-18-13-6-4-12(5-7-13)10-16-14(17)8-11(2)9-15/h4-7,11H,3,8-10,15H2,1-2H3,(H,16,17). The van der Waals surface area contributed by atoms with E-state index in [4.69, 9.17) is 5.73 Å². The Hall–Kier alpha value is -1.00. The van der Waals surface area contributed by atoms with Crippen molar-refractivity contribution in [1.29, 1.82) is 0 Å². The van der Waals surface area contributed by atoms with Gasteiger partial charge in [-0.2, -0.15) is 0 Å². The largest absolute Gasteiger partial charge is 0.352 e. The fraction of sp³-hybridized carbons (Fsp3) is 0.500. The Balaban J connectivity index is 2.36. The molecule has 0 aliphatic carbocycles. The highest BCUT2D eigenvalue weighted by atomic mass is 32.2.